The smallest absolute Gasteiger partial charge is 0.261 e. The van der Waals surface area contributed by atoms with Gasteiger partial charge in [-0.3, -0.25) is 4.79 Å². The molecule has 22 heavy (non-hydrogen) atoms. The van der Waals surface area contributed by atoms with Crippen molar-refractivity contribution in [3.63, 3.8) is 0 Å². The summed E-state index contributed by atoms with van der Waals surface area (Å²) in [5, 5.41) is 3.51. The number of unbranched alkanes of at least 4 members (excludes halogenated alkanes) is 1. The minimum atomic E-state index is -0.276. The lowest BCUT2D eigenvalue weighted by molar-refractivity contribution is 0.0939. The second kappa shape index (κ2) is 8.46. The SMILES string of the molecule is CCCCC(CN)NC(=O)c1sc2cccc(F)c2c1C.Cl. The predicted molar refractivity (Wildman–Crippen MR) is 93.6 cm³/mol. The number of carbonyl (C=O) groups excluding carboxylic acids is 1. The van der Waals surface area contributed by atoms with Crippen molar-refractivity contribution in [2.75, 3.05) is 6.54 Å². The Kier molecular flexibility index (Phi) is 7.26. The number of hydrogen-bond donors (Lipinski definition) is 2. The van der Waals surface area contributed by atoms with Crippen LogP contribution in [0.3, 0.4) is 0 Å². The molecule has 0 aliphatic rings. The molecule has 122 valence electrons. The number of carbonyl (C=O) groups is 1. The number of nitrogens with one attached hydrogen (secondary N) is 1. The third-order valence-corrected chi connectivity index (χ3v) is 4.89. The van der Waals surface area contributed by atoms with E-state index in [1.807, 2.05) is 6.07 Å². The maximum absolute atomic E-state index is 13.9. The zero-order valence-corrected chi connectivity index (χ0v) is 14.5. The Hall–Kier alpha value is -1.17. The number of amides is 1. The van der Waals surface area contributed by atoms with E-state index in [1.54, 1.807) is 13.0 Å². The Bertz CT molecular complexity index is 644. The highest BCUT2D eigenvalue weighted by atomic mass is 35.5. The molecule has 1 amide bonds. The number of halogens is 2. The van der Waals surface area contributed by atoms with Crippen LogP contribution in [0.5, 0.6) is 0 Å². The fourth-order valence-electron chi connectivity index (χ4n) is 2.42. The van der Waals surface area contributed by atoms with Crippen LogP contribution in [0, 0.1) is 12.7 Å². The average molecular weight is 345 g/mol. The van der Waals surface area contributed by atoms with E-state index in [9.17, 15) is 9.18 Å². The molecule has 0 radical (unpaired) electrons. The average Bonchev–Trinajstić information content (AvgIpc) is 2.82. The van der Waals surface area contributed by atoms with Crippen molar-refractivity contribution in [2.24, 2.45) is 5.73 Å². The summed E-state index contributed by atoms with van der Waals surface area (Å²) in [6.45, 7) is 4.32. The van der Waals surface area contributed by atoms with E-state index in [4.69, 9.17) is 5.73 Å². The maximum atomic E-state index is 13.9. The second-order valence-electron chi connectivity index (χ2n) is 5.22. The first kappa shape index (κ1) is 18.9. The molecule has 0 spiro atoms. The highest BCUT2D eigenvalue weighted by molar-refractivity contribution is 7.21. The van der Waals surface area contributed by atoms with Gasteiger partial charge in [-0.05, 0) is 31.0 Å². The molecule has 1 heterocycles. The quantitative estimate of drug-likeness (QED) is 0.831. The van der Waals surface area contributed by atoms with Gasteiger partial charge in [0.2, 0.25) is 0 Å². The zero-order valence-electron chi connectivity index (χ0n) is 12.8. The van der Waals surface area contributed by atoms with Gasteiger partial charge in [-0.1, -0.05) is 25.8 Å². The summed E-state index contributed by atoms with van der Waals surface area (Å²) in [6, 6.07) is 4.91. The van der Waals surface area contributed by atoms with Gasteiger partial charge in [-0.2, -0.15) is 0 Å². The van der Waals surface area contributed by atoms with Crippen molar-refractivity contribution in [1.82, 2.24) is 5.32 Å². The van der Waals surface area contributed by atoms with Crippen molar-refractivity contribution in [3.05, 3.63) is 34.5 Å². The highest BCUT2D eigenvalue weighted by Gasteiger charge is 2.19. The van der Waals surface area contributed by atoms with E-state index in [2.05, 4.69) is 12.2 Å². The Morgan fingerprint density at radius 3 is 2.77 bits per heavy atom. The normalized spacial score (nSPS) is 12.0. The summed E-state index contributed by atoms with van der Waals surface area (Å²) in [5.41, 5.74) is 6.41. The second-order valence-corrected chi connectivity index (χ2v) is 6.27. The van der Waals surface area contributed by atoms with Gasteiger partial charge in [0.15, 0.2) is 0 Å². The van der Waals surface area contributed by atoms with Crippen LogP contribution in [0.15, 0.2) is 18.2 Å². The van der Waals surface area contributed by atoms with Crippen LogP contribution in [-0.2, 0) is 0 Å². The van der Waals surface area contributed by atoms with Gasteiger partial charge in [0.25, 0.3) is 5.91 Å². The lowest BCUT2D eigenvalue weighted by Crippen LogP contribution is -2.40. The first-order valence-corrected chi connectivity index (χ1v) is 8.08. The highest BCUT2D eigenvalue weighted by Crippen LogP contribution is 2.32. The molecule has 0 saturated heterocycles. The molecule has 1 atom stereocenters. The van der Waals surface area contributed by atoms with Crippen LogP contribution >= 0.6 is 23.7 Å². The number of benzene rings is 1. The molecule has 0 aliphatic carbocycles. The van der Waals surface area contributed by atoms with E-state index < -0.39 is 0 Å². The van der Waals surface area contributed by atoms with Gasteiger partial charge < -0.3 is 11.1 Å². The first-order chi connectivity index (χ1) is 10.1. The molecule has 1 aromatic heterocycles. The predicted octanol–water partition coefficient (Wildman–Crippen LogP) is 4.02. The van der Waals surface area contributed by atoms with Crippen LogP contribution in [0.25, 0.3) is 10.1 Å². The van der Waals surface area contributed by atoms with Crippen LogP contribution in [0.2, 0.25) is 0 Å². The molecule has 0 bridgehead atoms. The van der Waals surface area contributed by atoms with Gasteiger partial charge in [0.1, 0.15) is 5.82 Å². The standard InChI is InChI=1S/C16H21FN2OS.ClH/c1-3-4-6-11(9-18)19-16(20)15-10(2)14-12(17)7-5-8-13(14)21-15;/h5,7-8,11H,3-4,6,9,18H2,1-2H3,(H,19,20);1H. The molecule has 3 nitrogen and oxygen atoms in total. The number of hydrogen-bond acceptors (Lipinski definition) is 3. The third-order valence-electron chi connectivity index (χ3n) is 3.64. The minimum absolute atomic E-state index is 0. The van der Waals surface area contributed by atoms with Crippen LogP contribution < -0.4 is 11.1 Å². The van der Waals surface area contributed by atoms with Gasteiger partial charge >= 0.3 is 0 Å². The Labute approximate surface area is 140 Å². The molecule has 2 rings (SSSR count). The fraction of sp³-hybridized carbons (Fsp3) is 0.438. The lowest BCUT2D eigenvalue weighted by atomic mass is 10.1. The molecule has 1 aromatic carbocycles. The lowest BCUT2D eigenvalue weighted by Gasteiger charge is -2.16. The zero-order chi connectivity index (χ0) is 15.4. The van der Waals surface area contributed by atoms with Crippen molar-refractivity contribution in [3.8, 4) is 0 Å². The Balaban J connectivity index is 0.00000242. The summed E-state index contributed by atoms with van der Waals surface area (Å²) >= 11 is 1.33. The topological polar surface area (TPSA) is 55.1 Å². The summed E-state index contributed by atoms with van der Waals surface area (Å²) in [4.78, 5) is 13.0. The molecular weight excluding hydrogens is 323 g/mol. The number of fused-ring (bicyclic) bond motifs is 1. The minimum Gasteiger partial charge on any atom is -0.347 e. The summed E-state index contributed by atoms with van der Waals surface area (Å²) < 4.78 is 14.7. The van der Waals surface area contributed by atoms with Crippen molar-refractivity contribution < 1.29 is 9.18 Å². The van der Waals surface area contributed by atoms with E-state index in [-0.39, 0.29) is 30.2 Å². The number of thiophene rings is 1. The molecule has 0 fully saturated rings. The van der Waals surface area contributed by atoms with Crippen molar-refractivity contribution in [1.29, 1.82) is 0 Å². The largest absolute Gasteiger partial charge is 0.347 e. The molecule has 3 N–H and O–H groups in total. The van der Waals surface area contributed by atoms with Crippen molar-refractivity contribution in [2.45, 2.75) is 39.2 Å². The molecule has 0 aliphatic heterocycles. The fourth-order valence-corrected chi connectivity index (χ4v) is 3.55. The van der Waals surface area contributed by atoms with Crippen molar-refractivity contribution >= 4 is 39.7 Å². The summed E-state index contributed by atoms with van der Waals surface area (Å²) in [7, 11) is 0. The van der Waals surface area contributed by atoms with Gasteiger partial charge in [0, 0.05) is 22.7 Å². The van der Waals surface area contributed by atoms with E-state index in [0.717, 1.165) is 24.0 Å². The number of nitrogens with two attached hydrogens (primary N) is 1. The molecular formula is C16H22ClFN2OS. The number of aryl methyl sites for hydroxylation is 1. The third kappa shape index (κ3) is 3.97. The van der Waals surface area contributed by atoms with Gasteiger partial charge in [-0.25, -0.2) is 4.39 Å². The monoisotopic (exact) mass is 344 g/mol. The molecule has 2 aromatic rings. The summed E-state index contributed by atoms with van der Waals surface area (Å²) in [5.74, 6) is -0.429. The van der Waals surface area contributed by atoms with E-state index in [0.29, 0.717) is 22.4 Å². The van der Waals surface area contributed by atoms with Crippen LogP contribution in [0.1, 0.15) is 41.4 Å². The number of rotatable bonds is 6. The Morgan fingerprint density at radius 1 is 1.45 bits per heavy atom. The van der Waals surface area contributed by atoms with Crippen LogP contribution in [-0.4, -0.2) is 18.5 Å². The van der Waals surface area contributed by atoms with Gasteiger partial charge in [-0.15, -0.1) is 23.7 Å². The van der Waals surface area contributed by atoms with E-state index >= 15 is 0 Å². The summed E-state index contributed by atoms with van der Waals surface area (Å²) in [6.07, 6.45) is 2.97. The Morgan fingerprint density at radius 2 is 2.18 bits per heavy atom. The van der Waals surface area contributed by atoms with E-state index in [1.165, 1.54) is 17.4 Å². The molecule has 1 unspecified atom stereocenters. The molecule has 0 saturated carbocycles. The molecule has 6 heteroatoms. The van der Waals surface area contributed by atoms with Gasteiger partial charge in [0.05, 0.1) is 4.88 Å². The maximum Gasteiger partial charge on any atom is 0.261 e. The first-order valence-electron chi connectivity index (χ1n) is 7.27. The van der Waals surface area contributed by atoms with Crippen LogP contribution in [0.4, 0.5) is 4.39 Å².